The summed E-state index contributed by atoms with van der Waals surface area (Å²) in [5.41, 5.74) is 0.576. The summed E-state index contributed by atoms with van der Waals surface area (Å²) >= 11 is 5.98. The Labute approximate surface area is 122 Å². The number of rotatable bonds is 2. The van der Waals surface area contributed by atoms with E-state index in [1.54, 1.807) is 18.2 Å². The van der Waals surface area contributed by atoms with Crippen LogP contribution in [-0.4, -0.2) is 27.5 Å². The molecule has 1 aliphatic heterocycles. The Morgan fingerprint density at radius 3 is 3.10 bits per heavy atom. The highest BCUT2D eigenvalue weighted by Crippen LogP contribution is 2.19. The topological polar surface area (TPSA) is 49.0 Å². The molecule has 1 aliphatic rings. The van der Waals surface area contributed by atoms with Crippen molar-refractivity contribution in [2.75, 3.05) is 6.54 Å². The zero-order valence-electron chi connectivity index (χ0n) is 11.5. The van der Waals surface area contributed by atoms with Gasteiger partial charge in [-0.05, 0) is 44.5 Å². The number of hydrogen-bond donors (Lipinski definition) is 1. The quantitative estimate of drug-likeness (QED) is 0.925. The maximum atomic E-state index is 12.1. The molecule has 1 saturated heterocycles. The Morgan fingerprint density at radius 2 is 2.30 bits per heavy atom. The van der Waals surface area contributed by atoms with Gasteiger partial charge in [-0.15, -0.1) is 0 Å². The zero-order chi connectivity index (χ0) is 14.1. The van der Waals surface area contributed by atoms with Crippen LogP contribution < -0.4 is 5.56 Å². The molecule has 0 aliphatic carbocycles. The predicted octanol–water partition coefficient (Wildman–Crippen LogP) is 2.95. The molecular formula is C15H18ClN3O. The van der Waals surface area contributed by atoms with Crippen LogP contribution in [0.5, 0.6) is 0 Å². The van der Waals surface area contributed by atoms with E-state index >= 15 is 0 Å². The normalized spacial score (nSPS) is 20.4. The van der Waals surface area contributed by atoms with Crippen LogP contribution in [0.2, 0.25) is 5.02 Å². The molecule has 0 radical (unpaired) electrons. The highest BCUT2D eigenvalue weighted by Gasteiger charge is 2.19. The van der Waals surface area contributed by atoms with Gasteiger partial charge in [-0.25, -0.2) is 4.98 Å². The van der Waals surface area contributed by atoms with Gasteiger partial charge in [-0.3, -0.25) is 9.69 Å². The van der Waals surface area contributed by atoms with E-state index < -0.39 is 0 Å². The summed E-state index contributed by atoms with van der Waals surface area (Å²) in [7, 11) is 0. The van der Waals surface area contributed by atoms with Crippen LogP contribution in [0.15, 0.2) is 23.0 Å². The summed E-state index contributed by atoms with van der Waals surface area (Å²) in [6.07, 6.45) is 3.71. The lowest BCUT2D eigenvalue weighted by Gasteiger charge is -2.32. The van der Waals surface area contributed by atoms with E-state index in [0.29, 0.717) is 28.5 Å². The minimum absolute atomic E-state index is 0.0914. The number of aromatic nitrogens is 2. The number of aromatic amines is 1. The van der Waals surface area contributed by atoms with Crippen LogP contribution in [0.3, 0.4) is 0 Å². The molecule has 0 amide bonds. The van der Waals surface area contributed by atoms with Gasteiger partial charge >= 0.3 is 0 Å². The standard InChI is InChI=1S/C15H18ClN3O/c1-10-4-2-3-7-19(10)9-14-17-13-8-11(16)5-6-12(13)15(20)18-14/h5-6,8,10H,2-4,7,9H2,1H3,(H,17,18,20)/t10-/m1/s1. The SMILES string of the molecule is C[C@@H]1CCCCN1Cc1nc2cc(Cl)ccc2c(=O)[nH]1. The lowest BCUT2D eigenvalue weighted by Crippen LogP contribution is -2.37. The smallest absolute Gasteiger partial charge is 0.258 e. The third-order valence-electron chi connectivity index (χ3n) is 4.01. The van der Waals surface area contributed by atoms with Crippen LogP contribution in [-0.2, 0) is 6.54 Å². The van der Waals surface area contributed by atoms with E-state index in [1.807, 2.05) is 0 Å². The predicted molar refractivity (Wildman–Crippen MR) is 81.1 cm³/mol. The van der Waals surface area contributed by atoms with Gasteiger partial charge in [0.05, 0.1) is 17.4 Å². The van der Waals surface area contributed by atoms with Crippen molar-refractivity contribution in [3.63, 3.8) is 0 Å². The summed E-state index contributed by atoms with van der Waals surface area (Å²) in [6, 6.07) is 5.73. The molecule has 4 nitrogen and oxygen atoms in total. The lowest BCUT2D eigenvalue weighted by molar-refractivity contribution is 0.149. The number of H-pyrrole nitrogens is 1. The van der Waals surface area contributed by atoms with Gasteiger partial charge in [-0.2, -0.15) is 0 Å². The number of likely N-dealkylation sites (tertiary alicyclic amines) is 1. The van der Waals surface area contributed by atoms with Crippen molar-refractivity contribution in [3.05, 3.63) is 39.4 Å². The fourth-order valence-electron chi connectivity index (χ4n) is 2.82. The number of halogens is 1. The molecule has 0 spiro atoms. The fourth-order valence-corrected chi connectivity index (χ4v) is 2.99. The van der Waals surface area contributed by atoms with Gasteiger partial charge in [-0.1, -0.05) is 18.0 Å². The third kappa shape index (κ3) is 2.72. The molecule has 1 aromatic heterocycles. The Morgan fingerprint density at radius 1 is 1.45 bits per heavy atom. The van der Waals surface area contributed by atoms with E-state index in [0.717, 1.165) is 12.4 Å². The van der Waals surface area contributed by atoms with E-state index in [2.05, 4.69) is 21.8 Å². The molecule has 1 aromatic carbocycles. The van der Waals surface area contributed by atoms with Gasteiger partial charge in [0.1, 0.15) is 5.82 Å². The molecule has 5 heteroatoms. The van der Waals surface area contributed by atoms with Gasteiger partial charge < -0.3 is 4.98 Å². The molecular weight excluding hydrogens is 274 g/mol. The van der Waals surface area contributed by atoms with E-state index in [-0.39, 0.29) is 5.56 Å². The van der Waals surface area contributed by atoms with Crippen LogP contribution in [0.4, 0.5) is 0 Å². The Kier molecular flexibility index (Phi) is 3.76. The molecule has 2 aromatic rings. The van der Waals surface area contributed by atoms with Gasteiger partial charge in [0.2, 0.25) is 0 Å². The van der Waals surface area contributed by atoms with Gasteiger partial charge in [0.25, 0.3) is 5.56 Å². The minimum Gasteiger partial charge on any atom is -0.309 e. The summed E-state index contributed by atoms with van der Waals surface area (Å²) in [5, 5.41) is 1.19. The van der Waals surface area contributed by atoms with E-state index in [1.165, 1.54) is 19.3 Å². The van der Waals surface area contributed by atoms with Crippen molar-refractivity contribution >= 4 is 22.5 Å². The fraction of sp³-hybridized carbons (Fsp3) is 0.467. The second-order valence-corrected chi connectivity index (χ2v) is 5.93. The van der Waals surface area contributed by atoms with E-state index in [4.69, 9.17) is 11.6 Å². The first-order chi connectivity index (χ1) is 9.63. The molecule has 1 fully saturated rings. The maximum absolute atomic E-state index is 12.1. The van der Waals surface area contributed by atoms with Crippen molar-refractivity contribution in [2.24, 2.45) is 0 Å². The molecule has 0 unspecified atom stereocenters. The lowest BCUT2D eigenvalue weighted by atomic mass is 10.0. The summed E-state index contributed by atoms with van der Waals surface area (Å²) in [6.45, 7) is 3.99. The van der Waals surface area contributed by atoms with Crippen molar-refractivity contribution in [2.45, 2.75) is 38.8 Å². The summed E-state index contributed by atoms with van der Waals surface area (Å²) in [4.78, 5) is 21.9. The van der Waals surface area contributed by atoms with E-state index in [9.17, 15) is 4.79 Å². The number of nitrogens with one attached hydrogen (secondary N) is 1. The van der Waals surface area contributed by atoms with Gasteiger partial charge in [0.15, 0.2) is 0 Å². The number of hydrogen-bond acceptors (Lipinski definition) is 3. The number of benzene rings is 1. The molecule has 2 heterocycles. The van der Waals surface area contributed by atoms with Crippen LogP contribution in [0, 0.1) is 0 Å². The zero-order valence-corrected chi connectivity index (χ0v) is 12.3. The average molecular weight is 292 g/mol. The Balaban J connectivity index is 1.93. The second-order valence-electron chi connectivity index (χ2n) is 5.49. The molecule has 0 bridgehead atoms. The minimum atomic E-state index is -0.0914. The Hall–Kier alpha value is -1.39. The highest BCUT2D eigenvalue weighted by molar-refractivity contribution is 6.31. The van der Waals surface area contributed by atoms with Crippen LogP contribution in [0.25, 0.3) is 10.9 Å². The third-order valence-corrected chi connectivity index (χ3v) is 4.25. The monoisotopic (exact) mass is 291 g/mol. The average Bonchev–Trinajstić information content (AvgIpc) is 2.41. The molecule has 106 valence electrons. The molecule has 1 atom stereocenters. The highest BCUT2D eigenvalue weighted by atomic mass is 35.5. The first-order valence-electron chi connectivity index (χ1n) is 7.06. The van der Waals surface area contributed by atoms with Gasteiger partial charge in [0, 0.05) is 11.1 Å². The van der Waals surface area contributed by atoms with Crippen LogP contribution in [0.1, 0.15) is 32.0 Å². The van der Waals surface area contributed by atoms with Crippen molar-refractivity contribution in [1.82, 2.24) is 14.9 Å². The number of nitrogens with zero attached hydrogens (tertiary/aromatic N) is 2. The second kappa shape index (κ2) is 5.54. The van der Waals surface area contributed by atoms with Crippen molar-refractivity contribution < 1.29 is 0 Å². The summed E-state index contributed by atoms with van der Waals surface area (Å²) < 4.78 is 0. The summed E-state index contributed by atoms with van der Waals surface area (Å²) in [5.74, 6) is 0.721. The largest absolute Gasteiger partial charge is 0.309 e. The number of fused-ring (bicyclic) bond motifs is 1. The van der Waals surface area contributed by atoms with Crippen molar-refractivity contribution in [1.29, 1.82) is 0 Å². The van der Waals surface area contributed by atoms with Crippen LogP contribution >= 0.6 is 11.6 Å². The first kappa shape index (κ1) is 13.6. The van der Waals surface area contributed by atoms with Crippen molar-refractivity contribution in [3.8, 4) is 0 Å². The first-order valence-corrected chi connectivity index (χ1v) is 7.44. The molecule has 20 heavy (non-hydrogen) atoms. The molecule has 0 saturated carbocycles. The maximum Gasteiger partial charge on any atom is 0.258 e. The molecule has 1 N–H and O–H groups in total. The number of piperidine rings is 1. The molecule has 3 rings (SSSR count). The Bertz CT molecular complexity index is 682.